The van der Waals surface area contributed by atoms with Crippen molar-refractivity contribution in [3.63, 3.8) is 0 Å². The molecule has 0 aliphatic heterocycles. The molecule has 0 saturated carbocycles. The lowest BCUT2D eigenvalue weighted by Crippen LogP contribution is -2.25. The molecule has 18 heavy (non-hydrogen) atoms. The van der Waals surface area contributed by atoms with E-state index in [2.05, 4.69) is 34.6 Å². The van der Waals surface area contributed by atoms with Crippen LogP contribution in [0.2, 0.25) is 0 Å². The summed E-state index contributed by atoms with van der Waals surface area (Å²) in [6.45, 7) is 4.05. The van der Waals surface area contributed by atoms with Crippen LogP contribution in [0.5, 0.6) is 0 Å². The van der Waals surface area contributed by atoms with Gasteiger partial charge in [0.25, 0.3) is 0 Å². The van der Waals surface area contributed by atoms with Crippen molar-refractivity contribution in [1.29, 1.82) is 0 Å². The molecule has 3 nitrogen and oxygen atoms in total. The minimum absolute atomic E-state index is 0.239. The average molecular weight is 244 g/mol. The maximum absolute atomic E-state index is 8.94. The van der Waals surface area contributed by atoms with E-state index < -0.39 is 0 Å². The largest absolute Gasteiger partial charge is 0.396 e. The summed E-state index contributed by atoms with van der Waals surface area (Å²) < 4.78 is 0. The van der Waals surface area contributed by atoms with E-state index in [4.69, 9.17) is 5.11 Å². The second kappa shape index (κ2) is 6.47. The van der Waals surface area contributed by atoms with Crippen LogP contribution in [-0.2, 0) is 6.42 Å². The predicted molar refractivity (Wildman–Crippen MR) is 74.6 cm³/mol. The van der Waals surface area contributed by atoms with E-state index in [0.717, 1.165) is 25.0 Å². The van der Waals surface area contributed by atoms with Gasteiger partial charge in [-0.05, 0) is 37.1 Å². The van der Waals surface area contributed by atoms with Crippen LogP contribution in [0.3, 0.4) is 0 Å². The molecule has 1 atom stereocenters. The number of aliphatic hydroxyl groups excluding tert-OH is 1. The molecule has 0 fully saturated rings. The number of hydrogen-bond donors (Lipinski definition) is 2. The summed E-state index contributed by atoms with van der Waals surface area (Å²) in [6.07, 6.45) is 2.81. The van der Waals surface area contributed by atoms with Crippen molar-refractivity contribution in [2.45, 2.75) is 13.3 Å². The van der Waals surface area contributed by atoms with E-state index in [0.29, 0.717) is 5.92 Å². The molecule has 0 radical (unpaired) electrons. The number of aromatic nitrogens is 1. The van der Waals surface area contributed by atoms with Gasteiger partial charge in [-0.2, -0.15) is 0 Å². The number of fused-ring (bicyclic) bond motifs is 1. The van der Waals surface area contributed by atoms with Gasteiger partial charge in [0, 0.05) is 18.2 Å². The van der Waals surface area contributed by atoms with Crippen molar-refractivity contribution in [3.8, 4) is 0 Å². The molecule has 1 aromatic carbocycles. The Labute approximate surface area is 108 Å². The first kappa shape index (κ1) is 13.0. The zero-order chi connectivity index (χ0) is 12.8. The normalized spacial score (nSPS) is 12.8. The number of aliphatic hydroxyl groups is 1. The summed E-state index contributed by atoms with van der Waals surface area (Å²) in [5.74, 6) is 0.315. The SMILES string of the molecule is CC(CO)CNCCc1cccc2cccnc12. The van der Waals surface area contributed by atoms with E-state index in [1.54, 1.807) is 0 Å². The highest BCUT2D eigenvalue weighted by atomic mass is 16.3. The van der Waals surface area contributed by atoms with Gasteiger partial charge >= 0.3 is 0 Å². The summed E-state index contributed by atoms with van der Waals surface area (Å²) >= 11 is 0. The third kappa shape index (κ3) is 3.28. The molecule has 1 unspecified atom stereocenters. The second-order valence-corrected chi connectivity index (χ2v) is 4.73. The fourth-order valence-corrected chi connectivity index (χ4v) is 2.01. The van der Waals surface area contributed by atoms with Crippen molar-refractivity contribution < 1.29 is 5.11 Å². The topological polar surface area (TPSA) is 45.1 Å². The Kier molecular flexibility index (Phi) is 4.67. The lowest BCUT2D eigenvalue weighted by Gasteiger charge is -2.10. The molecular weight excluding hydrogens is 224 g/mol. The second-order valence-electron chi connectivity index (χ2n) is 4.73. The molecule has 3 heteroatoms. The maximum Gasteiger partial charge on any atom is 0.0734 e. The first-order valence-corrected chi connectivity index (χ1v) is 6.45. The number of nitrogens with one attached hydrogen (secondary N) is 1. The number of rotatable bonds is 6. The van der Waals surface area contributed by atoms with Crippen molar-refractivity contribution in [3.05, 3.63) is 42.1 Å². The average Bonchev–Trinajstić information content (AvgIpc) is 2.43. The molecule has 0 saturated heterocycles. The fourth-order valence-electron chi connectivity index (χ4n) is 2.01. The van der Waals surface area contributed by atoms with E-state index in [-0.39, 0.29) is 6.61 Å². The molecule has 0 bridgehead atoms. The van der Waals surface area contributed by atoms with Crippen molar-refractivity contribution >= 4 is 10.9 Å². The molecule has 0 spiro atoms. The van der Waals surface area contributed by atoms with Crippen molar-refractivity contribution in [2.24, 2.45) is 5.92 Å². The summed E-state index contributed by atoms with van der Waals surface area (Å²) in [5, 5.41) is 13.5. The van der Waals surface area contributed by atoms with Crippen LogP contribution in [0.15, 0.2) is 36.5 Å². The summed E-state index contributed by atoms with van der Waals surface area (Å²) in [5.41, 5.74) is 2.37. The quantitative estimate of drug-likeness (QED) is 0.764. The smallest absolute Gasteiger partial charge is 0.0734 e. The Morgan fingerprint density at radius 3 is 2.94 bits per heavy atom. The van der Waals surface area contributed by atoms with Gasteiger partial charge < -0.3 is 10.4 Å². The third-order valence-corrected chi connectivity index (χ3v) is 3.09. The van der Waals surface area contributed by atoms with Crippen LogP contribution >= 0.6 is 0 Å². The fraction of sp³-hybridized carbons (Fsp3) is 0.400. The van der Waals surface area contributed by atoms with Crippen LogP contribution < -0.4 is 5.32 Å². The minimum atomic E-state index is 0.239. The molecule has 1 heterocycles. The first-order valence-electron chi connectivity index (χ1n) is 6.45. The predicted octanol–water partition coefficient (Wildman–Crippen LogP) is 2.00. The van der Waals surface area contributed by atoms with Gasteiger partial charge in [-0.15, -0.1) is 0 Å². The third-order valence-electron chi connectivity index (χ3n) is 3.09. The van der Waals surface area contributed by atoms with Crippen molar-refractivity contribution in [2.75, 3.05) is 19.7 Å². The highest BCUT2D eigenvalue weighted by molar-refractivity contribution is 5.81. The van der Waals surface area contributed by atoms with Crippen LogP contribution in [-0.4, -0.2) is 29.8 Å². The van der Waals surface area contributed by atoms with E-state index in [1.807, 2.05) is 19.2 Å². The van der Waals surface area contributed by atoms with Gasteiger partial charge in [0.2, 0.25) is 0 Å². The van der Waals surface area contributed by atoms with Gasteiger partial charge in [-0.1, -0.05) is 31.2 Å². The highest BCUT2D eigenvalue weighted by Crippen LogP contribution is 2.15. The maximum atomic E-state index is 8.94. The molecule has 96 valence electrons. The standard InChI is InChI=1S/C15H20N2O/c1-12(11-18)10-16-9-7-14-5-2-4-13-6-3-8-17-15(13)14/h2-6,8,12,16,18H,7,9-11H2,1H3. The molecule has 2 aromatic rings. The number of pyridine rings is 1. The summed E-state index contributed by atoms with van der Waals surface area (Å²) in [4.78, 5) is 4.44. The number of para-hydroxylation sites is 1. The number of nitrogens with zero attached hydrogens (tertiary/aromatic N) is 1. The van der Waals surface area contributed by atoms with E-state index in [9.17, 15) is 0 Å². The molecular formula is C15H20N2O. The monoisotopic (exact) mass is 244 g/mol. The molecule has 0 amide bonds. The Morgan fingerprint density at radius 2 is 2.11 bits per heavy atom. The lowest BCUT2D eigenvalue weighted by molar-refractivity contribution is 0.234. The molecule has 0 aliphatic rings. The minimum Gasteiger partial charge on any atom is -0.396 e. The van der Waals surface area contributed by atoms with E-state index in [1.165, 1.54) is 10.9 Å². The Bertz CT molecular complexity index is 493. The summed E-state index contributed by atoms with van der Waals surface area (Å²) in [7, 11) is 0. The van der Waals surface area contributed by atoms with Gasteiger partial charge in [0.1, 0.15) is 0 Å². The van der Waals surface area contributed by atoms with Crippen LogP contribution in [0.25, 0.3) is 10.9 Å². The highest BCUT2D eigenvalue weighted by Gasteiger charge is 2.02. The van der Waals surface area contributed by atoms with Gasteiger partial charge in [-0.3, -0.25) is 4.98 Å². The van der Waals surface area contributed by atoms with Crippen LogP contribution in [0.4, 0.5) is 0 Å². The van der Waals surface area contributed by atoms with E-state index >= 15 is 0 Å². The number of benzene rings is 1. The Balaban J connectivity index is 1.95. The number of hydrogen-bond acceptors (Lipinski definition) is 3. The van der Waals surface area contributed by atoms with Crippen LogP contribution in [0.1, 0.15) is 12.5 Å². The summed E-state index contributed by atoms with van der Waals surface area (Å²) in [6, 6.07) is 10.4. The molecule has 2 N–H and O–H groups in total. The molecule has 1 aromatic heterocycles. The Morgan fingerprint density at radius 1 is 1.28 bits per heavy atom. The van der Waals surface area contributed by atoms with Crippen LogP contribution in [0, 0.1) is 5.92 Å². The molecule has 2 rings (SSSR count). The zero-order valence-electron chi connectivity index (χ0n) is 10.8. The molecule has 0 aliphatic carbocycles. The van der Waals surface area contributed by atoms with Crippen molar-refractivity contribution in [1.82, 2.24) is 10.3 Å². The lowest BCUT2D eigenvalue weighted by atomic mass is 10.1. The zero-order valence-corrected chi connectivity index (χ0v) is 10.8. The van der Waals surface area contributed by atoms with Gasteiger partial charge in [0.15, 0.2) is 0 Å². The Hall–Kier alpha value is -1.45. The first-order chi connectivity index (χ1) is 8.81. The van der Waals surface area contributed by atoms with Gasteiger partial charge in [0.05, 0.1) is 5.52 Å². The van der Waals surface area contributed by atoms with Gasteiger partial charge in [-0.25, -0.2) is 0 Å².